The maximum atomic E-state index is 12.3. The summed E-state index contributed by atoms with van der Waals surface area (Å²) in [6.07, 6.45) is 1.96. The number of fused-ring (bicyclic) bond motifs is 1. The minimum atomic E-state index is -0.445. The first-order valence-corrected chi connectivity index (χ1v) is 9.34. The summed E-state index contributed by atoms with van der Waals surface area (Å²) >= 11 is 3.34. The lowest BCUT2D eigenvalue weighted by Gasteiger charge is -2.05. The third-order valence-electron chi connectivity index (χ3n) is 4.23. The Morgan fingerprint density at radius 2 is 1.92 bits per heavy atom. The van der Waals surface area contributed by atoms with Gasteiger partial charge in [-0.2, -0.15) is 0 Å². The highest BCUT2D eigenvalue weighted by Crippen LogP contribution is 2.39. The number of amides is 1. The lowest BCUT2D eigenvalue weighted by Crippen LogP contribution is -1.96. The molecule has 6 heteroatoms. The highest BCUT2D eigenvalue weighted by molar-refractivity contribution is 9.10. The molecule has 0 bridgehead atoms. The van der Waals surface area contributed by atoms with Crippen LogP contribution >= 0.6 is 15.9 Å². The van der Waals surface area contributed by atoms with E-state index in [1.54, 1.807) is 24.3 Å². The van der Waals surface area contributed by atoms with Crippen molar-refractivity contribution in [1.29, 1.82) is 0 Å². The number of hydrogen-bond donors (Lipinski definition) is 1. The summed E-state index contributed by atoms with van der Waals surface area (Å²) in [6.45, 7) is 4.77. The van der Waals surface area contributed by atoms with E-state index in [9.17, 15) is 9.90 Å². The van der Waals surface area contributed by atoms with Crippen molar-refractivity contribution in [2.45, 2.75) is 33.2 Å². The second-order valence-electron chi connectivity index (χ2n) is 6.21. The van der Waals surface area contributed by atoms with Gasteiger partial charge in [-0.15, -0.1) is 10.2 Å². The first-order valence-electron chi connectivity index (χ1n) is 8.54. The number of aryl methyl sites for hydroxylation is 2. The summed E-state index contributed by atoms with van der Waals surface area (Å²) in [6, 6.07) is 12.8. The predicted molar refractivity (Wildman–Crippen MR) is 106 cm³/mol. The number of aromatic nitrogens is 1. The highest BCUT2D eigenvalue weighted by atomic mass is 79.9. The van der Waals surface area contributed by atoms with Gasteiger partial charge in [0.05, 0.1) is 5.52 Å². The van der Waals surface area contributed by atoms with Crippen LogP contribution in [0.4, 0.5) is 5.69 Å². The van der Waals surface area contributed by atoms with Crippen LogP contribution in [0.1, 0.15) is 35.7 Å². The van der Waals surface area contributed by atoms with Crippen LogP contribution in [0.3, 0.4) is 0 Å². The molecule has 0 aliphatic carbocycles. The molecule has 0 atom stereocenters. The van der Waals surface area contributed by atoms with Gasteiger partial charge < -0.3 is 9.67 Å². The Morgan fingerprint density at radius 1 is 1.19 bits per heavy atom. The van der Waals surface area contributed by atoms with Gasteiger partial charge in [-0.25, -0.2) is 0 Å². The highest BCUT2D eigenvalue weighted by Gasteiger charge is 2.17. The average molecular weight is 414 g/mol. The largest absolute Gasteiger partial charge is 0.493 e. The number of carbonyl (C=O) groups excluding carboxylic acids is 1. The van der Waals surface area contributed by atoms with E-state index in [-0.39, 0.29) is 5.88 Å². The lowest BCUT2D eigenvalue weighted by molar-refractivity contribution is 0.0995. The summed E-state index contributed by atoms with van der Waals surface area (Å²) in [5, 5.41) is 19.4. The van der Waals surface area contributed by atoms with E-state index in [1.807, 2.05) is 29.7 Å². The van der Waals surface area contributed by atoms with Gasteiger partial charge in [0, 0.05) is 22.0 Å². The van der Waals surface area contributed by atoms with Crippen LogP contribution < -0.4 is 0 Å². The third kappa shape index (κ3) is 3.70. The number of aromatic hydroxyl groups is 1. The maximum Gasteiger partial charge on any atom is 0.295 e. The van der Waals surface area contributed by atoms with E-state index in [1.165, 1.54) is 0 Å². The molecule has 134 valence electrons. The van der Waals surface area contributed by atoms with E-state index < -0.39 is 5.91 Å². The Labute approximate surface area is 160 Å². The van der Waals surface area contributed by atoms with Crippen molar-refractivity contribution in [3.63, 3.8) is 0 Å². The molecular formula is C20H20BrN3O2. The fraction of sp³-hybridized carbons (Fsp3) is 0.250. The van der Waals surface area contributed by atoms with Crippen LogP contribution in [0.2, 0.25) is 0 Å². The summed E-state index contributed by atoms with van der Waals surface area (Å²) < 4.78 is 2.72. The molecule has 1 amide bonds. The zero-order valence-corrected chi connectivity index (χ0v) is 16.3. The van der Waals surface area contributed by atoms with E-state index in [0.29, 0.717) is 17.8 Å². The SMILES string of the molecule is CCCCn1c(O)c(N=NC(=O)c2ccc(Br)cc2)c2cc(C)ccc21. The Hall–Kier alpha value is -2.47. The summed E-state index contributed by atoms with van der Waals surface area (Å²) in [5.41, 5.74) is 2.74. The molecule has 0 unspecified atom stereocenters. The molecular weight excluding hydrogens is 394 g/mol. The van der Waals surface area contributed by atoms with Gasteiger partial charge in [-0.3, -0.25) is 4.79 Å². The number of rotatable bonds is 5. The number of nitrogens with zero attached hydrogens (tertiary/aromatic N) is 3. The number of azo groups is 1. The number of unbranched alkanes of at least 4 members (excludes halogenated alkanes) is 1. The van der Waals surface area contributed by atoms with Crippen molar-refractivity contribution in [2.75, 3.05) is 0 Å². The fourth-order valence-corrected chi connectivity index (χ4v) is 3.09. The Morgan fingerprint density at radius 3 is 2.62 bits per heavy atom. The van der Waals surface area contributed by atoms with Crippen molar-refractivity contribution in [3.8, 4) is 5.88 Å². The molecule has 0 aliphatic heterocycles. The fourth-order valence-electron chi connectivity index (χ4n) is 2.82. The second-order valence-corrected chi connectivity index (χ2v) is 7.13. The van der Waals surface area contributed by atoms with Gasteiger partial charge in [0.1, 0.15) is 0 Å². The number of halogens is 1. The Bertz CT molecular complexity index is 975. The molecule has 0 saturated carbocycles. The Balaban J connectivity index is 2.00. The van der Waals surface area contributed by atoms with E-state index >= 15 is 0 Å². The predicted octanol–water partition coefficient (Wildman–Crippen LogP) is 6.14. The molecule has 3 aromatic rings. The molecule has 0 radical (unpaired) electrons. The molecule has 3 rings (SSSR count). The van der Waals surface area contributed by atoms with Gasteiger partial charge in [0.25, 0.3) is 5.91 Å². The minimum Gasteiger partial charge on any atom is -0.493 e. The summed E-state index contributed by atoms with van der Waals surface area (Å²) in [5.74, 6) is -0.398. The van der Waals surface area contributed by atoms with E-state index in [2.05, 4.69) is 33.1 Å². The van der Waals surface area contributed by atoms with Crippen LogP contribution in [0.25, 0.3) is 10.9 Å². The summed E-state index contributed by atoms with van der Waals surface area (Å²) in [7, 11) is 0. The molecule has 0 aliphatic rings. The standard InChI is InChI=1S/C20H20BrN3O2/c1-3-4-11-24-17-10-5-13(2)12-16(17)18(20(24)26)22-23-19(25)14-6-8-15(21)9-7-14/h5-10,12,26H,3-4,11H2,1-2H3. The van der Waals surface area contributed by atoms with Crippen molar-refractivity contribution < 1.29 is 9.90 Å². The average Bonchev–Trinajstić information content (AvgIpc) is 2.89. The third-order valence-corrected chi connectivity index (χ3v) is 4.76. The number of benzene rings is 2. The van der Waals surface area contributed by atoms with Crippen LogP contribution in [0.15, 0.2) is 57.2 Å². The van der Waals surface area contributed by atoms with E-state index in [0.717, 1.165) is 33.8 Å². The second kappa shape index (κ2) is 7.83. The Kier molecular flexibility index (Phi) is 5.52. The lowest BCUT2D eigenvalue weighted by atomic mass is 10.1. The number of hydrogen-bond acceptors (Lipinski definition) is 3. The molecule has 0 fully saturated rings. The molecule has 0 spiro atoms. The molecule has 2 aromatic carbocycles. The van der Waals surface area contributed by atoms with Crippen LogP contribution in [-0.2, 0) is 6.54 Å². The minimum absolute atomic E-state index is 0.0476. The first kappa shape index (κ1) is 18.3. The summed E-state index contributed by atoms with van der Waals surface area (Å²) in [4.78, 5) is 12.3. The number of carbonyl (C=O) groups is 1. The molecule has 0 saturated heterocycles. The van der Waals surface area contributed by atoms with Crippen molar-refractivity contribution >= 4 is 38.4 Å². The normalized spacial score (nSPS) is 11.5. The van der Waals surface area contributed by atoms with Gasteiger partial charge in [0.2, 0.25) is 5.88 Å². The van der Waals surface area contributed by atoms with E-state index in [4.69, 9.17) is 0 Å². The molecule has 1 N–H and O–H groups in total. The van der Waals surface area contributed by atoms with Crippen molar-refractivity contribution in [3.05, 3.63) is 58.1 Å². The zero-order chi connectivity index (χ0) is 18.7. The van der Waals surface area contributed by atoms with Gasteiger partial charge in [-0.1, -0.05) is 40.9 Å². The quantitative estimate of drug-likeness (QED) is 0.510. The first-order chi connectivity index (χ1) is 12.5. The maximum absolute atomic E-state index is 12.3. The van der Waals surface area contributed by atoms with Crippen LogP contribution in [-0.4, -0.2) is 15.6 Å². The molecule has 1 aromatic heterocycles. The van der Waals surface area contributed by atoms with Crippen molar-refractivity contribution in [2.24, 2.45) is 10.2 Å². The van der Waals surface area contributed by atoms with Gasteiger partial charge in [-0.05, 0) is 49.7 Å². The monoisotopic (exact) mass is 413 g/mol. The van der Waals surface area contributed by atoms with Gasteiger partial charge in [0.15, 0.2) is 5.69 Å². The topological polar surface area (TPSA) is 66.9 Å². The molecule has 26 heavy (non-hydrogen) atoms. The molecule has 5 nitrogen and oxygen atoms in total. The smallest absolute Gasteiger partial charge is 0.295 e. The molecule has 1 heterocycles. The van der Waals surface area contributed by atoms with Gasteiger partial charge >= 0.3 is 0 Å². The van der Waals surface area contributed by atoms with Crippen LogP contribution in [0.5, 0.6) is 5.88 Å². The van der Waals surface area contributed by atoms with Crippen molar-refractivity contribution in [1.82, 2.24) is 4.57 Å². The van der Waals surface area contributed by atoms with Crippen LogP contribution in [0, 0.1) is 6.92 Å². The zero-order valence-electron chi connectivity index (χ0n) is 14.7.